The van der Waals surface area contributed by atoms with Crippen molar-refractivity contribution in [1.29, 1.82) is 0 Å². The van der Waals surface area contributed by atoms with Crippen molar-refractivity contribution in [3.8, 4) is 0 Å². The highest BCUT2D eigenvalue weighted by molar-refractivity contribution is 8.24. The number of carbonyl (C=O) groups is 2. The maximum atomic E-state index is 11.0. The maximum Gasteiger partial charge on any atom is 0.257 e. The van der Waals surface area contributed by atoms with Crippen LogP contribution >= 0.6 is 72.4 Å². The number of rotatable bonds is 2. The number of hydrazine groups is 2. The molecule has 2 fully saturated rings. The van der Waals surface area contributed by atoms with Crippen molar-refractivity contribution in [2.75, 3.05) is 11.5 Å². The molecular weight excluding hydrogens is 441 g/mol. The Balaban J connectivity index is 0.000000220. The van der Waals surface area contributed by atoms with E-state index in [1.807, 2.05) is 0 Å². The van der Waals surface area contributed by atoms with Crippen molar-refractivity contribution >= 4 is 127 Å². The number of thioether (sulfide) groups is 2. The molecule has 0 aromatic rings. The van der Waals surface area contributed by atoms with Crippen molar-refractivity contribution in [2.24, 2.45) is 0 Å². The lowest BCUT2D eigenvalue weighted by Crippen LogP contribution is -2.43. The van der Waals surface area contributed by atoms with Crippen LogP contribution in [0.3, 0.4) is 0 Å². The Morgan fingerprint density at radius 3 is 1.41 bits per heavy atom. The van der Waals surface area contributed by atoms with Crippen molar-refractivity contribution in [3.05, 3.63) is 0 Å². The normalized spacial score (nSPS) is 17.3. The largest absolute Gasteiger partial charge is 0.410 e. The molecule has 0 unspecified atom stereocenters. The van der Waals surface area contributed by atoms with Gasteiger partial charge in [0.05, 0.1) is 11.5 Å². The van der Waals surface area contributed by atoms with Crippen LogP contribution in [-0.4, -0.2) is 50.6 Å². The third-order valence-electron chi connectivity index (χ3n) is 1.91. The fourth-order valence-electron chi connectivity index (χ4n) is 1.11. The summed E-state index contributed by atoms with van der Waals surface area (Å²) in [6.45, 7) is 0. The molecule has 0 atom stereocenters. The predicted octanol–water partition coefficient (Wildman–Crippen LogP) is 0.366. The van der Waals surface area contributed by atoms with Gasteiger partial charge in [-0.1, -0.05) is 48.0 Å². The number of hydrogen-bond donors (Lipinski definition) is 2. The van der Waals surface area contributed by atoms with Crippen LogP contribution in [0, 0.1) is 0 Å². The first-order valence-corrected chi connectivity index (χ1v) is 9.59. The van der Waals surface area contributed by atoms with Crippen LogP contribution in [0.5, 0.6) is 0 Å². The highest BCUT2D eigenvalue weighted by Gasteiger charge is 2.26. The first kappa shape index (κ1) is 20.1. The summed E-state index contributed by atoms with van der Waals surface area (Å²) in [7, 11) is 0. The zero-order chi connectivity index (χ0) is 16.9. The van der Waals surface area contributed by atoms with E-state index in [4.69, 9.17) is 24.4 Å². The molecule has 0 aromatic heterocycles. The van der Waals surface area contributed by atoms with Crippen LogP contribution in [0.1, 0.15) is 0 Å². The Bertz CT molecular complexity index is 472. The van der Waals surface area contributed by atoms with E-state index >= 15 is 0 Å². The summed E-state index contributed by atoms with van der Waals surface area (Å²) in [5, 5.41) is 2.41. The van der Waals surface area contributed by atoms with Crippen molar-refractivity contribution in [3.63, 3.8) is 0 Å². The minimum atomic E-state index is -0.104. The number of nitrogens with one attached hydrogen (secondary N) is 2. The molecule has 0 bridgehead atoms. The third kappa shape index (κ3) is 6.27. The van der Waals surface area contributed by atoms with Crippen LogP contribution < -0.4 is 10.9 Å². The topological polar surface area (TPSA) is 64.7 Å². The van der Waals surface area contributed by atoms with Crippen LogP contribution in [-0.2, 0) is 34.8 Å². The standard InChI is InChI=1S/2C4H4N2OS4/c2*7-2-1-11-4(10)6(2)5-3(8)9/h2*1H2,(H2,5,8,9)/p-2. The third-order valence-corrected chi connectivity index (χ3v) is 4.99. The van der Waals surface area contributed by atoms with Gasteiger partial charge in [0.25, 0.3) is 11.8 Å². The Labute approximate surface area is 167 Å². The Morgan fingerprint density at radius 2 is 1.23 bits per heavy atom. The molecule has 0 spiro atoms. The van der Waals surface area contributed by atoms with Gasteiger partial charge in [-0.2, -0.15) is 0 Å². The highest BCUT2D eigenvalue weighted by atomic mass is 32.2. The van der Waals surface area contributed by atoms with Crippen molar-refractivity contribution in [2.45, 2.75) is 0 Å². The first-order chi connectivity index (χ1) is 10.2. The molecule has 2 heterocycles. The molecular formula is C8H6N4O2S8-2. The SMILES string of the molecule is O=C1CSC(=S)N1NC(=S)[S-].O=C1CSC(=S)N1NC(=S)[S-]. The zero-order valence-corrected chi connectivity index (χ0v) is 16.9. The van der Waals surface area contributed by atoms with Gasteiger partial charge < -0.3 is 60.5 Å². The molecule has 6 nitrogen and oxygen atoms in total. The minimum Gasteiger partial charge on any atom is -0.410 e. The van der Waals surface area contributed by atoms with E-state index in [2.05, 4.69) is 60.5 Å². The van der Waals surface area contributed by atoms with E-state index in [0.717, 1.165) is 0 Å². The summed E-state index contributed by atoms with van der Waals surface area (Å²) in [6.07, 6.45) is 0. The summed E-state index contributed by atoms with van der Waals surface area (Å²) in [5.41, 5.74) is 5.02. The summed E-state index contributed by atoms with van der Waals surface area (Å²) in [6, 6.07) is 0. The number of nitrogens with zero attached hydrogens (tertiary/aromatic N) is 2. The van der Waals surface area contributed by atoms with Crippen LogP contribution in [0.15, 0.2) is 0 Å². The summed E-state index contributed by atoms with van der Waals surface area (Å²) in [4.78, 5) is 21.9. The second-order valence-electron chi connectivity index (χ2n) is 3.37. The molecule has 2 amide bonds. The minimum absolute atomic E-state index is 0.104. The summed E-state index contributed by atoms with van der Waals surface area (Å²) in [5.74, 6) is 0.521. The molecule has 0 aliphatic carbocycles. The van der Waals surface area contributed by atoms with E-state index in [9.17, 15) is 9.59 Å². The number of amides is 2. The van der Waals surface area contributed by atoms with Crippen LogP contribution in [0.2, 0.25) is 0 Å². The fourth-order valence-corrected chi connectivity index (χ4v) is 3.43. The monoisotopic (exact) mass is 446 g/mol. The van der Waals surface area contributed by atoms with E-state index < -0.39 is 0 Å². The van der Waals surface area contributed by atoms with Crippen molar-refractivity contribution < 1.29 is 9.59 Å². The second kappa shape index (κ2) is 9.36. The molecule has 120 valence electrons. The zero-order valence-electron chi connectivity index (χ0n) is 10.4. The van der Waals surface area contributed by atoms with Gasteiger partial charge >= 0.3 is 0 Å². The average Bonchev–Trinajstić information content (AvgIpc) is 2.89. The Kier molecular flexibility index (Phi) is 8.55. The number of carbonyl (C=O) groups excluding carboxylic acids is 2. The molecule has 14 heteroatoms. The van der Waals surface area contributed by atoms with Gasteiger partial charge in [-0.3, -0.25) is 9.59 Å². The lowest BCUT2D eigenvalue weighted by molar-refractivity contribution is -0.125. The van der Waals surface area contributed by atoms with Gasteiger partial charge in [0.15, 0.2) is 8.64 Å². The first-order valence-electron chi connectivity index (χ1n) is 5.17. The number of thiocarbonyl (C=S) groups is 4. The van der Waals surface area contributed by atoms with Crippen LogP contribution in [0.25, 0.3) is 0 Å². The molecule has 0 aromatic carbocycles. The second-order valence-corrected chi connectivity index (χ2v) is 8.73. The average molecular weight is 447 g/mol. The summed E-state index contributed by atoms with van der Waals surface area (Å²) >= 11 is 30.6. The Hall–Kier alpha value is 0.0400. The van der Waals surface area contributed by atoms with Gasteiger partial charge in [-0.15, -0.1) is 0 Å². The van der Waals surface area contributed by atoms with E-state index in [-0.39, 0.29) is 20.5 Å². The molecule has 2 aliphatic rings. The molecule has 0 radical (unpaired) electrons. The fraction of sp³-hybridized carbons (Fsp3) is 0.250. The molecule has 2 saturated heterocycles. The molecule has 2 rings (SSSR count). The van der Waals surface area contributed by atoms with E-state index in [1.165, 1.54) is 33.5 Å². The maximum absolute atomic E-state index is 11.0. The van der Waals surface area contributed by atoms with Gasteiger partial charge in [0.2, 0.25) is 0 Å². The Morgan fingerprint density at radius 1 is 0.909 bits per heavy atom. The lowest BCUT2D eigenvalue weighted by atomic mass is 10.7. The molecule has 22 heavy (non-hydrogen) atoms. The van der Waals surface area contributed by atoms with Gasteiger partial charge in [0.1, 0.15) is 0 Å². The molecule has 0 saturated carbocycles. The molecule has 2 aliphatic heterocycles. The molecule has 2 N–H and O–H groups in total. The van der Waals surface area contributed by atoms with E-state index in [0.29, 0.717) is 20.1 Å². The van der Waals surface area contributed by atoms with Crippen molar-refractivity contribution in [1.82, 2.24) is 20.9 Å². The van der Waals surface area contributed by atoms with Gasteiger partial charge in [-0.25, -0.2) is 10.0 Å². The highest BCUT2D eigenvalue weighted by Crippen LogP contribution is 2.17. The van der Waals surface area contributed by atoms with E-state index in [1.54, 1.807) is 0 Å². The smallest absolute Gasteiger partial charge is 0.257 e. The van der Waals surface area contributed by atoms with Gasteiger partial charge in [-0.05, 0) is 8.64 Å². The quantitative estimate of drug-likeness (QED) is 0.455. The van der Waals surface area contributed by atoms with Crippen LogP contribution in [0.4, 0.5) is 0 Å². The van der Waals surface area contributed by atoms with Gasteiger partial charge in [0, 0.05) is 0 Å². The lowest BCUT2D eigenvalue weighted by Gasteiger charge is -2.19. The predicted molar refractivity (Wildman–Crippen MR) is 110 cm³/mol. The number of hydrogen-bond acceptors (Lipinski definition) is 10. The summed E-state index contributed by atoms with van der Waals surface area (Å²) < 4.78 is 1.20.